The van der Waals surface area contributed by atoms with Crippen LogP contribution < -0.4 is 14.8 Å². The Balaban J connectivity index is 1.69. The van der Waals surface area contributed by atoms with Gasteiger partial charge in [0.1, 0.15) is 6.61 Å². The lowest BCUT2D eigenvalue weighted by Crippen LogP contribution is -2.44. The SMILES string of the molecule is O=C(NCCSCCCO)C1COc2ccccc2O1. The molecule has 1 amide bonds. The summed E-state index contributed by atoms with van der Waals surface area (Å²) in [6.07, 6.45) is 0.196. The zero-order valence-electron chi connectivity index (χ0n) is 11.2. The van der Waals surface area contributed by atoms with Crippen LogP contribution in [0.2, 0.25) is 0 Å². The van der Waals surface area contributed by atoms with E-state index in [1.54, 1.807) is 17.8 Å². The number of benzene rings is 1. The van der Waals surface area contributed by atoms with Crippen molar-refractivity contribution in [1.29, 1.82) is 0 Å². The summed E-state index contributed by atoms with van der Waals surface area (Å²) in [5.41, 5.74) is 0. The second-order valence-corrected chi connectivity index (χ2v) is 5.57. The Hall–Kier alpha value is -1.40. The van der Waals surface area contributed by atoms with E-state index in [1.165, 1.54) is 0 Å². The molecule has 5 nitrogen and oxygen atoms in total. The number of hydrogen-bond donors (Lipinski definition) is 2. The monoisotopic (exact) mass is 297 g/mol. The first kappa shape index (κ1) is 15.0. The normalized spacial score (nSPS) is 16.8. The lowest BCUT2D eigenvalue weighted by molar-refractivity contribution is -0.130. The Morgan fingerprint density at radius 3 is 2.95 bits per heavy atom. The van der Waals surface area contributed by atoms with E-state index in [9.17, 15) is 4.79 Å². The van der Waals surface area contributed by atoms with Gasteiger partial charge in [0.15, 0.2) is 11.5 Å². The average Bonchev–Trinajstić information content (AvgIpc) is 2.50. The molecule has 0 bridgehead atoms. The second-order valence-electron chi connectivity index (χ2n) is 4.34. The highest BCUT2D eigenvalue weighted by Crippen LogP contribution is 2.30. The number of carbonyl (C=O) groups is 1. The highest BCUT2D eigenvalue weighted by molar-refractivity contribution is 7.99. The van der Waals surface area contributed by atoms with Gasteiger partial charge in [0.2, 0.25) is 6.10 Å². The lowest BCUT2D eigenvalue weighted by Gasteiger charge is -2.25. The Kier molecular flexibility index (Phi) is 6.01. The molecule has 0 fully saturated rings. The van der Waals surface area contributed by atoms with Crippen LogP contribution in [-0.2, 0) is 4.79 Å². The van der Waals surface area contributed by atoms with Crippen molar-refractivity contribution in [3.8, 4) is 11.5 Å². The molecule has 2 rings (SSSR count). The number of thioether (sulfide) groups is 1. The zero-order valence-corrected chi connectivity index (χ0v) is 12.0. The van der Waals surface area contributed by atoms with Gasteiger partial charge in [-0.25, -0.2) is 0 Å². The lowest BCUT2D eigenvalue weighted by atomic mass is 10.2. The Morgan fingerprint density at radius 1 is 1.35 bits per heavy atom. The summed E-state index contributed by atoms with van der Waals surface area (Å²) >= 11 is 1.71. The number of aliphatic hydroxyl groups is 1. The molecule has 1 unspecified atom stereocenters. The zero-order chi connectivity index (χ0) is 14.2. The molecule has 1 aliphatic rings. The van der Waals surface area contributed by atoms with Crippen LogP contribution in [-0.4, -0.2) is 48.4 Å². The summed E-state index contributed by atoms with van der Waals surface area (Å²) in [5.74, 6) is 2.87. The Labute approximate surface area is 122 Å². The minimum Gasteiger partial charge on any atom is -0.485 e. The maximum Gasteiger partial charge on any atom is 0.264 e. The molecule has 1 aromatic carbocycles. The fourth-order valence-electron chi connectivity index (χ4n) is 1.78. The molecule has 0 saturated carbocycles. The number of rotatable bonds is 7. The van der Waals surface area contributed by atoms with Crippen LogP contribution >= 0.6 is 11.8 Å². The maximum absolute atomic E-state index is 11.9. The van der Waals surface area contributed by atoms with Gasteiger partial charge in [0, 0.05) is 18.9 Å². The highest BCUT2D eigenvalue weighted by atomic mass is 32.2. The molecule has 0 saturated heterocycles. The van der Waals surface area contributed by atoms with Crippen LogP contribution in [0.4, 0.5) is 0 Å². The molecule has 20 heavy (non-hydrogen) atoms. The van der Waals surface area contributed by atoms with Gasteiger partial charge in [-0.2, -0.15) is 11.8 Å². The van der Waals surface area contributed by atoms with Gasteiger partial charge < -0.3 is 19.9 Å². The van der Waals surface area contributed by atoms with Crippen molar-refractivity contribution in [2.45, 2.75) is 12.5 Å². The predicted octanol–water partition coefficient (Wildman–Crippen LogP) is 1.06. The number of fused-ring (bicyclic) bond motifs is 1. The van der Waals surface area contributed by atoms with Crippen LogP contribution in [0.15, 0.2) is 24.3 Å². The third-order valence-electron chi connectivity index (χ3n) is 2.79. The minimum atomic E-state index is -0.590. The van der Waals surface area contributed by atoms with Crippen LogP contribution in [0.25, 0.3) is 0 Å². The van der Waals surface area contributed by atoms with E-state index in [1.807, 2.05) is 18.2 Å². The first-order chi connectivity index (χ1) is 9.81. The van der Waals surface area contributed by atoms with E-state index in [-0.39, 0.29) is 19.1 Å². The van der Waals surface area contributed by atoms with Crippen LogP contribution in [0.3, 0.4) is 0 Å². The fourth-order valence-corrected chi connectivity index (χ4v) is 2.56. The van der Waals surface area contributed by atoms with Crippen molar-refractivity contribution < 1.29 is 19.4 Å². The van der Waals surface area contributed by atoms with Gasteiger partial charge in [-0.05, 0) is 24.3 Å². The highest BCUT2D eigenvalue weighted by Gasteiger charge is 2.26. The molecule has 1 aliphatic heterocycles. The standard InChI is InChI=1S/C14H19NO4S/c16-7-3-8-20-9-6-15-14(17)13-10-18-11-4-1-2-5-12(11)19-13/h1-2,4-5,13,16H,3,6-10H2,(H,15,17). The molecule has 0 radical (unpaired) electrons. The smallest absolute Gasteiger partial charge is 0.264 e. The topological polar surface area (TPSA) is 67.8 Å². The molecule has 0 aliphatic carbocycles. The summed E-state index contributed by atoms with van der Waals surface area (Å²) in [4.78, 5) is 11.9. The van der Waals surface area contributed by atoms with Gasteiger partial charge in [-0.1, -0.05) is 12.1 Å². The van der Waals surface area contributed by atoms with E-state index in [2.05, 4.69) is 5.32 Å². The number of para-hydroxylation sites is 2. The predicted molar refractivity (Wildman–Crippen MR) is 78.4 cm³/mol. The number of aliphatic hydroxyl groups excluding tert-OH is 1. The van der Waals surface area contributed by atoms with Crippen molar-refractivity contribution in [2.75, 3.05) is 31.3 Å². The molecule has 0 aromatic heterocycles. The van der Waals surface area contributed by atoms with Crippen LogP contribution in [0.1, 0.15) is 6.42 Å². The molecule has 1 aromatic rings. The van der Waals surface area contributed by atoms with Gasteiger partial charge in [-0.3, -0.25) is 4.79 Å². The van der Waals surface area contributed by atoms with E-state index in [4.69, 9.17) is 14.6 Å². The van der Waals surface area contributed by atoms with Gasteiger partial charge in [0.25, 0.3) is 5.91 Å². The van der Waals surface area contributed by atoms with Crippen molar-refractivity contribution in [3.05, 3.63) is 24.3 Å². The van der Waals surface area contributed by atoms with E-state index in [0.717, 1.165) is 17.9 Å². The molecule has 1 heterocycles. The van der Waals surface area contributed by atoms with E-state index < -0.39 is 6.10 Å². The average molecular weight is 297 g/mol. The van der Waals surface area contributed by atoms with Crippen molar-refractivity contribution >= 4 is 17.7 Å². The summed E-state index contributed by atoms with van der Waals surface area (Å²) in [7, 11) is 0. The fraction of sp³-hybridized carbons (Fsp3) is 0.500. The number of ether oxygens (including phenoxy) is 2. The largest absolute Gasteiger partial charge is 0.485 e. The quantitative estimate of drug-likeness (QED) is 0.737. The Morgan fingerprint density at radius 2 is 2.15 bits per heavy atom. The molecular formula is C14H19NO4S. The molecule has 110 valence electrons. The number of hydrogen-bond acceptors (Lipinski definition) is 5. The van der Waals surface area contributed by atoms with Crippen LogP contribution in [0, 0.1) is 0 Å². The molecule has 0 spiro atoms. The molecular weight excluding hydrogens is 278 g/mol. The molecule has 2 N–H and O–H groups in total. The van der Waals surface area contributed by atoms with Crippen molar-refractivity contribution in [2.24, 2.45) is 0 Å². The third-order valence-corrected chi connectivity index (χ3v) is 3.86. The van der Waals surface area contributed by atoms with E-state index in [0.29, 0.717) is 18.0 Å². The first-order valence-electron chi connectivity index (χ1n) is 6.66. The van der Waals surface area contributed by atoms with Gasteiger partial charge in [-0.15, -0.1) is 0 Å². The number of carbonyl (C=O) groups excluding carboxylic acids is 1. The van der Waals surface area contributed by atoms with E-state index >= 15 is 0 Å². The summed E-state index contributed by atoms with van der Waals surface area (Å²) in [6.45, 7) is 1.04. The Bertz CT molecular complexity index is 441. The molecule has 1 atom stereocenters. The summed E-state index contributed by atoms with van der Waals surface area (Å²) in [5, 5.41) is 11.5. The number of amides is 1. The summed E-state index contributed by atoms with van der Waals surface area (Å²) in [6, 6.07) is 7.33. The molecule has 6 heteroatoms. The maximum atomic E-state index is 11.9. The number of nitrogens with one attached hydrogen (secondary N) is 1. The summed E-state index contributed by atoms with van der Waals surface area (Å²) < 4.78 is 11.1. The minimum absolute atomic E-state index is 0.151. The third kappa shape index (κ3) is 4.31. The van der Waals surface area contributed by atoms with Gasteiger partial charge >= 0.3 is 0 Å². The second kappa shape index (κ2) is 8.01. The first-order valence-corrected chi connectivity index (χ1v) is 7.81. The van der Waals surface area contributed by atoms with Gasteiger partial charge in [0.05, 0.1) is 0 Å². The van der Waals surface area contributed by atoms with Crippen molar-refractivity contribution in [3.63, 3.8) is 0 Å². The van der Waals surface area contributed by atoms with Crippen molar-refractivity contribution in [1.82, 2.24) is 5.32 Å². The van der Waals surface area contributed by atoms with Crippen LogP contribution in [0.5, 0.6) is 11.5 Å².